The molecule has 0 heterocycles. The van der Waals surface area contributed by atoms with Gasteiger partial charge in [0.05, 0.1) is 6.61 Å². The lowest BCUT2D eigenvalue weighted by Crippen LogP contribution is -2.28. The first-order valence-corrected chi connectivity index (χ1v) is 29.4. The second-order valence-electron chi connectivity index (χ2n) is 29.8. The van der Waals surface area contributed by atoms with E-state index in [2.05, 4.69) is 41.5 Å². The average molecular weight is 1140 g/mol. The molecule has 0 amide bonds. The lowest BCUT2D eigenvalue weighted by atomic mass is 9.77. The van der Waals surface area contributed by atoms with Crippen LogP contribution in [0.2, 0.25) is 0 Å². The lowest BCUT2D eigenvalue weighted by Gasteiger charge is -2.31. The van der Waals surface area contributed by atoms with Crippen molar-refractivity contribution in [3.63, 3.8) is 0 Å². The molecule has 454 valence electrons. The Labute approximate surface area is 492 Å². The van der Waals surface area contributed by atoms with Crippen molar-refractivity contribution in [1.29, 1.82) is 0 Å². The van der Waals surface area contributed by atoms with Gasteiger partial charge in [0.15, 0.2) is 0 Å². The van der Waals surface area contributed by atoms with Crippen molar-refractivity contribution in [2.75, 3.05) is 26.4 Å². The number of carbonyl (C=O) groups excluding carboxylic acids is 4. The molecule has 0 aromatic heterocycles. The Balaban J connectivity index is 1.47. The highest BCUT2D eigenvalue weighted by molar-refractivity contribution is 5.72. The Morgan fingerprint density at radius 3 is 0.659 bits per heavy atom. The van der Waals surface area contributed by atoms with Gasteiger partial charge < -0.3 is 39.4 Å². The topological polar surface area (TPSA) is 186 Å². The molecule has 4 aromatic carbocycles. The first kappa shape index (κ1) is 68.5. The molecule has 0 saturated heterocycles. The SMILES string of the molecule is CCOC(=O)CCc1cc(C(C)(C)C)c(O)c(C(C)(C)COC(=O)CCc2cc(C(C)(C)C)c(O)c(C(C)(C)COC(=O)CCc3cc(C(C)(C)C)c(O)c(C(C)(C)COC(=O)CCc4cc(C(C)(C)C)c(O)c(C(C)(C)C)c4)c3)c2)c1. The van der Waals surface area contributed by atoms with Crippen LogP contribution in [0.3, 0.4) is 0 Å². The molecular weight excluding hydrogens is 1030 g/mol. The molecule has 4 rings (SSSR count). The molecule has 0 radical (unpaired) electrons. The average Bonchev–Trinajstić information content (AvgIpc) is 3.33. The second-order valence-corrected chi connectivity index (χ2v) is 29.8. The zero-order valence-electron chi connectivity index (χ0n) is 54.2. The van der Waals surface area contributed by atoms with E-state index in [-0.39, 0.29) is 91.3 Å². The van der Waals surface area contributed by atoms with E-state index in [1.807, 2.05) is 152 Å². The fraction of sp³-hybridized carbons (Fsp3) is 0.600. The van der Waals surface area contributed by atoms with Crippen molar-refractivity contribution >= 4 is 23.9 Å². The zero-order chi connectivity index (χ0) is 62.5. The van der Waals surface area contributed by atoms with E-state index < -0.39 is 44.4 Å². The van der Waals surface area contributed by atoms with Crippen LogP contribution in [0, 0.1) is 0 Å². The summed E-state index contributed by atoms with van der Waals surface area (Å²) >= 11 is 0. The predicted octanol–water partition coefficient (Wildman–Crippen LogP) is 14.9. The number of hydrogen-bond donors (Lipinski definition) is 4. The summed E-state index contributed by atoms with van der Waals surface area (Å²) in [5, 5.41) is 46.4. The quantitative estimate of drug-likeness (QED) is 0.0432. The van der Waals surface area contributed by atoms with Crippen LogP contribution >= 0.6 is 0 Å². The van der Waals surface area contributed by atoms with Gasteiger partial charge in [-0.3, -0.25) is 19.2 Å². The van der Waals surface area contributed by atoms with Crippen LogP contribution in [0.1, 0.15) is 245 Å². The van der Waals surface area contributed by atoms with E-state index in [0.29, 0.717) is 60.1 Å². The lowest BCUT2D eigenvalue weighted by molar-refractivity contribution is -0.146. The highest BCUT2D eigenvalue weighted by Gasteiger charge is 2.35. The summed E-state index contributed by atoms with van der Waals surface area (Å²) in [6.45, 7) is 44.0. The number of esters is 4. The molecule has 4 aromatic rings. The molecule has 0 aliphatic heterocycles. The van der Waals surface area contributed by atoms with E-state index in [1.54, 1.807) is 6.92 Å². The first-order valence-electron chi connectivity index (χ1n) is 29.4. The third-order valence-electron chi connectivity index (χ3n) is 15.5. The maximum Gasteiger partial charge on any atom is 0.306 e. The van der Waals surface area contributed by atoms with E-state index in [1.165, 1.54) is 0 Å². The summed E-state index contributed by atoms with van der Waals surface area (Å²) in [5.74, 6) is -0.885. The van der Waals surface area contributed by atoms with Gasteiger partial charge >= 0.3 is 23.9 Å². The summed E-state index contributed by atoms with van der Waals surface area (Å²) in [7, 11) is 0. The number of phenolic OH excluding ortho intramolecular Hbond substituents is 4. The van der Waals surface area contributed by atoms with Gasteiger partial charge in [0.25, 0.3) is 0 Å². The van der Waals surface area contributed by atoms with Crippen molar-refractivity contribution < 1.29 is 58.6 Å². The molecule has 0 saturated carbocycles. The standard InChI is InChI=1S/C70H102O12/c1-23-79-55(71)28-24-44-34-49(65(8,9)10)60(76)52(37-44)68(17,18)41-81-57(73)30-26-46-36-51(67(14,15)16)62(78)54(39-46)70(21,22)42-82-58(74)31-27-45-35-50(66(11,12)13)61(77)53(38-45)69(19,20)40-80-56(72)29-25-43-32-47(63(2,3)4)59(75)48(33-43)64(5,6)7/h32-39,75-78H,23-31,40-42H2,1-22H3. The highest BCUT2D eigenvalue weighted by atomic mass is 16.5. The Morgan fingerprint density at radius 1 is 0.305 bits per heavy atom. The fourth-order valence-electron chi connectivity index (χ4n) is 10.2. The molecule has 82 heavy (non-hydrogen) atoms. The van der Waals surface area contributed by atoms with Crippen molar-refractivity contribution in [2.45, 2.75) is 247 Å². The minimum absolute atomic E-state index is 0.0000407. The number of aryl methyl sites for hydroxylation is 4. The van der Waals surface area contributed by atoms with Crippen molar-refractivity contribution in [2.24, 2.45) is 0 Å². The van der Waals surface area contributed by atoms with Crippen LogP contribution in [0.4, 0.5) is 0 Å². The summed E-state index contributed by atoms with van der Waals surface area (Å²) in [6, 6.07) is 15.4. The van der Waals surface area contributed by atoms with Crippen LogP contribution in [0.15, 0.2) is 48.5 Å². The summed E-state index contributed by atoms with van der Waals surface area (Å²) < 4.78 is 23.0. The zero-order valence-corrected chi connectivity index (χ0v) is 54.2. The van der Waals surface area contributed by atoms with Gasteiger partial charge in [-0.2, -0.15) is 0 Å². The van der Waals surface area contributed by atoms with Gasteiger partial charge in [0, 0.05) is 58.6 Å². The smallest absolute Gasteiger partial charge is 0.306 e. The molecule has 4 N–H and O–H groups in total. The van der Waals surface area contributed by atoms with Crippen molar-refractivity contribution in [1.82, 2.24) is 0 Å². The van der Waals surface area contributed by atoms with Crippen LogP contribution in [-0.4, -0.2) is 70.7 Å². The number of ether oxygens (including phenoxy) is 4. The second kappa shape index (κ2) is 25.8. The Morgan fingerprint density at radius 2 is 0.476 bits per heavy atom. The Bertz CT molecular complexity index is 2900. The number of phenols is 4. The van der Waals surface area contributed by atoms with E-state index in [4.69, 9.17) is 18.9 Å². The molecular formula is C70H102O12. The van der Waals surface area contributed by atoms with Crippen LogP contribution < -0.4 is 0 Å². The summed E-state index contributed by atoms with van der Waals surface area (Å²) in [6.07, 6.45) is 1.93. The molecule has 0 bridgehead atoms. The van der Waals surface area contributed by atoms with Crippen LogP contribution in [0.5, 0.6) is 23.0 Å². The van der Waals surface area contributed by atoms with E-state index >= 15 is 0 Å². The maximum absolute atomic E-state index is 13.7. The van der Waals surface area contributed by atoms with Gasteiger partial charge in [-0.15, -0.1) is 0 Å². The van der Waals surface area contributed by atoms with Gasteiger partial charge in [-0.05, 0) is 110 Å². The van der Waals surface area contributed by atoms with Crippen LogP contribution in [-0.2, 0) is 107 Å². The number of aromatic hydroxyl groups is 4. The van der Waals surface area contributed by atoms with E-state index in [0.717, 1.165) is 38.9 Å². The summed E-state index contributed by atoms with van der Waals surface area (Å²) in [4.78, 5) is 52.9. The molecule has 12 nitrogen and oxygen atoms in total. The van der Waals surface area contributed by atoms with Gasteiger partial charge in [-0.25, -0.2) is 0 Å². The van der Waals surface area contributed by atoms with Crippen molar-refractivity contribution in [3.05, 3.63) is 115 Å². The molecule has 0 atom stereocenters. The van der Waals surface area contributed by atoms with E-state index in [9.17, 15) is 39.6 Å². The largest absolute Gasteiger partial charge is 0.507 e. The predicted molar refractivity (Wildman–Crippen MR) is 328 cm³/mol. The minimum atomic E-state index is -0.847. The molecule has 0 unspecified atom stereocenters. The van der Waals surface area contributed by atoms with Crippen LogP contribution in [0.25, 0.3) is 0 Å². The van der Waals surface area contributed by atoms with Gasteiger partial charge in [-0.1, -0.05) is 194 Å². The third kappa shape index (κ3) is 18.2. The normalized spacial score (nSPS) is 13.0. The first-order chi connectivity index (χ1) is 37.3. The maximum atomic E-state index is 13.7. The summed E-state index contributed by atoms with van der Waals surface area (Å²) in [5.41, 5.74) is 4.67. The van der Waals surface area contributed by atoms with Gasteiger partial charge in [0.2, 0.25) is 0 Å². The Hall–Kier alpha value is -6.04. The fourth-order valence-corrected chi connectivity index (χ4v) is 10.2. The monoisotopic (exact) mass is 1130 g/mol. The molecule has 12 heteroatoms. The minimum Gasteiger partial charge on any atom is -0.507 e. The van der Waals surface area contributed by atoms with Gasteiger partial charge in [0.1, 0.15) is 42.8 Å². The third-order valence-corrected chi connectivity index (χ3v) is 15.5. The molecule has 0 aliphatic rings. The number of hydrogen-bond acceptors (Lipinski definition) is 12. The number of benzene rings is 4. The molecule has 0 fully saturated rings. The molecule has 0 aliphatic carbocycles. The number of rotatable bonds is 22. The van der Waals surface area contributed by atoms with Crippen molar-refractivity contribution in [3.8, 4) is 23.0 Å². The molecule has 0 spiro atoms. The Kier molecular flexibility index (Phi) is 21.6. The number of carbonyl (C=O) groups is 4. The highest BCUT2D eigenvalue weighted by Crippen LogP contribution is 2.45.